The number of aryl methyl sites for hydroxylation is 1. The molecule has 1 N–H and O–H groups in total. The molecule has 0 spiro atoms. The third kappa shape index (κ3) is 3.98. The molecule has 3 aliphatic heterocycles. The van der Waals surface area contributed by atoms with Crippen molar-refractivity contribution in [1.82, 2.24) is 4.58 Å². The maximum Gasteiger partial charge on any atom is 0.294 e. The summed E-state index contributed by atoms with van der Waals surface area (Å²) in [6.45, 7) is 1.85. The van der Waals surface area contributed by atoms with E-state index in [9.17, 15) is 25.9 Å². The summed E-state index contributed by atoms with van der Waals surface area (Å²) in [5, 5.41) is 2.04. The van der Waals surface area contributed by atoms with Crippen LogP contribution in [0.5, 0.6) is 11.5 Å². The van der Waals surface area contributed by atoms with Gasteiger partial charge in [0, 0.05) is 40.3 Å². The molecule has 0 aliphatic carbocycles. The Hall–Kier alpha value is -2.47. The van der Waals surface area contributed by atoms with Gasteiger partial charge in [0.2, 0.25) is 5.36 Å². The van der Waals surface area contributed by atoms with Crippen molar-refractivity contribution in [2.45, 2.75) is 35.5 Å². The number of hydrogen-bond acceptors (Lipinski definition) is 6. The van der Waals surface area contributed by atoms with Gasteiger partial charge >= 0.3 is 0 Å². The lowest BCUT2D eigenvalue weighted by Gasteiger charge is -2.28. The van der Waals surface area contributed by atoms with E-state index in [0.29, 0.717) is 28.2 Å². The molecule has 0 fully saturated rings. The van der Waals surface area contributed by atoms with E-state index in [-0.39, 0.29) is 21.4 Å². The molecule has 0 bridgehead atoms. The zero-order valence-electron chi connectivity index (χ0n) is 19.1. The molecule has 0 saturated heterocycles. The quantitative estimate of drug-likeness (QED) is 0.292. The average molecular weight is 580 g/mol. The number of ether oxygens (including phenoxy) is 1. The molecule has 0 saturated carbocycles. The molecule has 0 aromatic heterocycles. The summed E-state index contributed by atoms with van der Waals surface area (Å²) in [5.74, 6) is 0.721. The SMILES string of the molecule is O=S(=O)([O-])c1cc(S(=O)(=O)O)ccc1C1=c2cc3c4c(c2Oc2c1ccc(Cl)c2Cl)CCC[N+]=4CCC3. The molecule has 3 aliphatic rings. The van der Waals surface area contributed by atoms with Crippen LogP contribution in [0.4, 0.5) is 0 Å². The van der Waals surface area contributed by atoms with Gasteiger partial charge in [0.15, 0.2) is 5.75 Å². The first kappa shape index (κ1) is 24.8. The van der Waals surface area contributed by atoms with Crippen LogP contribution in [-0.4, -0.2) is 39.0 Å². The van der Waals surface area contributed by atoms with Crippen LogP contribution in [0.2, 0.25) is 10.0 Å². The van der Waals surface area contributed by atoms with Gasteiger partial charge in [0.25, 0.3) is 10.1 Å². The lowest BCUT2D eigenvalue weighted by molar-refractivity contribution is 0.437. The molecule has 12 heteroatoms. The fourth-order valence-electron chi connectivity index (χ4n) is 5.58. The van der Waals surface area contributed by atoms with Crippen LogP contribution in [0.3, 0.4) is 0 Å². The topological polar surface area (TPSA) is 124 Å². The van der Waals surface area contributed by atoms with Crippen molar-refractivity contribution in [2.24, 2.45) is 0 Å². The summed E-state index contributed by atoms with van der Waals surface area (Å²) in [5.41, 5.74) is 2.79. The van der Waals surface area contributed by atoms with Crippen LogP contribution < -0.4 is 19.9 Å². The Balaban J connectivity index is 1.82. The van der Waals surface area contributed by atoms with Crippen molar-refractivity contribution in [2.75, 3.05) is 13.1 Å². The van der Waals surface area contributed by atoms with Crippen LogP contribution in [0.15, 0.2) is 46.2 Å². The third-order valence-electron chi connectivity index (χ3n) is 7.05. The Labute approximate surface area is 222 Å². The number of fused-ring (bicyclic) bond motifs is 3. The van der Waals surface area contributed by atoms with Gasteiger partial charge in [-0.15, -0.1) is 0 Å². The second-order valence-corrected chi connectivity index (χ2v) is 12.8. The van der Waals surface area contributed by atoms with Gasteiger partial charge in [0.05, 0.1) is 20.4 Å². The van der Waals surface area contributed by atoms with Crippen molar-refractivity contribution in [3.63, 3.8) is 0 Å². The van der Waals surface area contributed by atoms with E-state index in [2.05, 4.69) is 4.58 Å². The minimum atomic E-state index is -5.17. The van der Waals surface area contributed by atoms with E-state index in [1.54, 1.807) is 12.1 Å². The molecule has 3 aromatic carbocycles. The normalized spacial score (nSPS) is 16.5. The number of nitrogens with zero attached hydrogens (tertiary/aromatic N) is 1. The molecule has 192 valence electrons. The first-order valence-electron chi connectivity index (χ1n) is 11.5. The zero-order valence-corrected chi connectivity index (χ0v) is 22.3. The number of rotatable bonds is 3. The summed E-state index contributed by atoms with van der Waals surface area (Å²) in [6, 6.07) is 8.06. The van der Waals surface area contributed by atoms with Crippen LogP contribution in [0.1, 0.15) is 35.1 Å². The van der Waals surface area contributed by atoms with E-state index in [1.165, 1.54) is 6.07 Å². The molecule has 37 heavy (non-hydrogen) atoms. The smallest absolute Gasteiger partial charge is 0.294 e. The first-order chi connectivity index (χ1) is 17.4. The maximum absolute atomic E-state index is 12.4. The highest BCUT2D eigenvalue weighted by Gasteiger charge is 2.33. The van der Waals surface area contributed by atoms with Gasteiger partial charge in [-0.05, 0) is 43.2 Å². The highest BCUT2D eigenvalue weighted by atomic mass is 35.5. The summed E-state index contributed by atoms with van der Waals surface area (Å²) in [6.07, 6.45) is 3.42. The summed E-state index contributed by atoms with van der Waals surface area (Å²) in [7, 11) is -9.94. The second kappa shape index (κ2) is 8.52. The van der Waals surface area contributed by atoms with Gasteiger partial charge in [-0.3, -0.25) is 4.55 Å². The fraction of sp³-hybridized carbons (Fsp3) is 0.240. The second-order valence-electron chi connectivity index (χ2n) is 9.24. The summed E-state index contributed by atoms with van der Waals surface area (Å²) in [4.78, 5) is -1.49. The fourth-order valence-corrected chi connectivity index (χ4v) is 7.22. The predicted molar refractivity (Wildman–Crippen MR) is 136 cm³/mol. The van der Waals surface area contributed by atoms with E-state index in [0.717, 1.165) is 61.3 Å². The molecule has 3 heterocycles. The molecule has 0 unspecified atom stereocenters. The number of benzene rings is 3. The monoisotopic (exact) mass is 579 g/mol. The van der Waals surface area contributed by atoms with Gasteiger partial charge in [-0.25, -0.2) is 13.0 Å². The Morgan fingerprint density at radius 2 is 1.62 bits per heavy atom. The maximum atomic E-state index is 12.4. The Morgan fingerprint density at radius 1 is 0.919 bits per heavy atom. The highest BCUT2D eigenvalue weighted by Crippen LogP contribution is 2.45. The third-order valence-corrected chi connectivity index (χ3v) is 9.57. The van der Waals surface area contributed by atoms with E-state index in [4.69, 9.17) is 27.9 Å². The summed E-state index contributed by atoms with van der Waals surface area (Å²) >= 11 is 12.8. The molecule has 8 nitrogen and oxygen atoms in total. The minimum absolute atomic E-state index is 0.0257. The number of halogens is 2. The molecule has 3 aromatic rings. The van der Waals surface area contributed by atoms with Crippen molar-refractivity contribution < 1.29 is 30.7 Å². The molecule has 0 atom stereocenters. The van der Waals surface area contributed by atoms with Gasteiger partial charge in [0.1, 0.15) is 34.0 Å². The summed E-state index contributed by atoms with van der Waals surface area (Å²) < 4.78 is 78.9. The molecule has 6 rings (SSSR count). The zero-order chi connectivity index (χ0) is 26.3. The van der Waals surface area contributed by atoms with Gasteiger partial charge < -0.3 is 9.29 Å². The van der Waals surface area contributed by atoms with Crippen molar-refractivity contribution in [1.29, 1.82) is 0 Å². The molecule has 0 radical (unpaired) electrons. The van der Waals surface area contributed by atoms with Crippen LogP contribution in [-0.2, 0) is 33.1 Å². The Morgan fingerprint density at radius 3 is 2.32 bits per heavy atom. The highest BCUT2D eigenvalue weighted by molar-refractivity contribution is 7.86. The first-order valence-corrected chi connectivity index (χ1v) is 15.1. The van der Waals surface area contributed by atoms with Crippen LogP contribution >= 0.6 is 23.2 Å². The lowest BCUT2D eigenvalue weighted by Crippen LogP contribution is -2.45. The van der Waals surface area contributed by atoms with Crippen molar-refractivity contribution >= 4 is 49.0 Å². The molecule has 0 amide bonds. The Bertz CT molecular complexity index is 1880. The van der Waals surface area contributed by atoms with E-state index >= 15 is 0 Å². The van der Waals surface area contributed by atoms with Crippen LogP contribution in [0.25, 0.3) is 5.57 Å². The lowest BCUT2D eigenvalue weighted by atomic mass is 9.87. The Kier molecular flexibility index (Phi) is 5.72. The predicted octanol–water partition coefficient (Wildman–Crippen LogP) is 2.88. The van der Waals surface area contributed by atoms with Crippen molar-refractivity contribution in [3.05, 3.63) is 79.3 Å². The van der Waals surface area contributed by atoms with Gasteiger partial charge in [-0.2, -0.15) is 8.42 Å². The standard InChI is InChI=1S/C25H19Cl2NO7S2/c26-19-8-7-16-21(15-6-5-14(36(29,30)31)12-20(15)37(32,33)34)18-11-13-3-1-9-28-10-2-4-17(23(13)28)24(18)35-25(16)22(19)27/h5-8,11-12H,1-4,9-10H2,(H-,29,30,31,32,33,34). The minimum Gasteiger partial charge on any atom is -0.744 e. The van der Waals surface area contributed by atoms with Crippen LogP contribution in [0, 0.1) is 0 Å². The number of hydrogen-bond donors (Lipinski definition) is 1. The van der Waals surface area contributed by atoms with E-state index in [1.807, 2.05) is 6.07 Å². The molecular weight excluding hydrogens is 561 g/mol. The largest absolute Gasteiger partial charge is 0.744 e. The van der Waals surface area contributed by atoms with E-state index < -0.39 is 30.0 Å². The molecular formula is C25H19Cl2NO7S2. The van der Waals surface area contributed by atoms with Gasteiger partial charge in [-0.1, -0.05) is 29.3 Å². The van der Waals surface area contributed by atoms with Crippen molar-refractivity contribution in [3.8, 4) is 11.5 Å². The average Bonchev–Trinajstić information content (AvgIpc) is 2.84.